The lowest BCUT2D eigenvalue weighted by Gasteiger charge is -2.36. The normalized spacial score (nSPS) is 16.0. The molecule has 1 unspecified atom stereocenters. The summed E-state index contributed by atoms with van der Waals surface area (Å²) in [5.41, 5.74) is 4.26. The van der Waals surface area contributed by atoms with E-state index in [9.17, 15) is 23.2 Å². The fourth-order valence-corrected chi connectivity index (χ4v) is 4.16. The predicted molar refractivity (Wildman–Crippen MR) is 151 cm³/mol. The van der Waals surface area contributed by atoms with Crippen LogP contribution in [0, 0.1) is 17.0 Å². The van der Waals surface area contributed by atoms with Gasteiger partial charge in [-0.25, -0.2) is 13.6 Å². The Morgan fingerprint density at radius 2 is 1.86 bits per heavy atom. The van der Waals surface area contributed by atoms with Gasteiger partial charge in [-0.1, -0.05) is 6.08 Å². The van der Waals surface area contributed by atoms with Crippen LogP contribution in [0.15, 0.2) is 36.8 Å². The number of methoxy groups -OCH3 is 1. The monoisotopic (exact) mass is 607 g/mol. The van der Waals surface area contributed by atoms with E-state index in [1.54, 1.807) is 41.4 Å². The molecule has 1 atom stereocenters. The van der Waals surface area contributed by atoms with Crippen LogP contribution in [-0.4, -0.2) is 98.5 Å². The van der Waals surface area contributed by atoms with Gasteiger partial charge in [0.1, 0.15) is 17.3 Å². The summed E-state index contributed by atoms with van der Waals surface area (Å²) in [5.74, 6) is -1.69. The predicted octanol–water partition coefficient (Wildman–Crippen LogP) is 1.10. The molecule has 2 saturated heterocycles. The molecule has 3 amide bonds. The van der Waals surface area contributed by atoms with Crippen LogP contribution in [0.1, 0.15) is 13.3 Å². The highest BCUT2D eigenvalue weighted by Gasteiger charge is 2.34. The summed E-state index contributed by atoms with van der Waals surface area (Å²) in [5, 5.41) is 7.74. The van der Waals surface area contributed by atoms with Crippen LogP contribution >= 0.6 is 0 Å². The van der Waals surface area contributed by atoms with Crippen LogP contribution in [0.2, 0.25) is 0 Å². The Balaban J connectivity index is 0.000000719. The molecular formula is C27H35F2N7O7. The number of carbonyl (C=O) groups is 4. The van der Waals surface area contributed by atoms with Gasteiger partial charge < -0.3 is 34.3 Å². The van der Waals surface area contributed by atoms with Gasteiger partial charge in [0.15, 0.2) is 11.6 Å². The summed E-state index contributed by atoms with van der Waals surface area (Å²) < 4.78 is 45.7. The van der Waals surface area contributed by atoms with Gasteiger partial charge in [-0.05, 0) is 6.92 Å². The number of anilines is 2. The van der Waals surface area contributed by atoms with Crippen molar-refractivity contribution in [2.24, 2.45) is 5.73 Å². The number of hydrogen-bond acceptors (Lipinski definition) is 10. The molecule has 3 heterocycles. The van der Waals surface area contributed by atoms with Gasteiger partial charge in [-0.2, -0.15) is 0 Å². The molecule has 16 heteroatoms. The summed E-state index contributed by atoms with van der Waals surface area (Å²) in [6.45, 7) is 4.16. The highest BCUT2D eigenvalue weighted by atomic mass is 19.1. The Morgan fingerprint density at radius 1 is 1.21 bits per heavy atom. The first-order valence-corrected chi connectivity index (χ1v) is 13.1. The second-order valence-electron chi connectivity index (χ2n) is 8.84. The minimum absolute atomic E-state index is 0.0795. The number of benzene rings is 1. The highest BCUT2D eigenvalue weighted by molar-refractivity contribution is 5.90. The molecule has 0 saturated carbocycles. The fraction of sp³-hybridized carbons (Fsp3) is 0.407. The average molecular weight is 608 g/mol. The zero-order chi connectivity index (χ0) is 31.8. The van der Waals surface area contributed by atoms with Crippen LogP contribution < -0.4 is 21.0 Å². The molecule has 2 fully saturated rings. The van der Waals surface area contributed by atoms with Crippen LogP contribution in [0.5, 0.6) is 0 Å². The lowest BCUT2D eigenvalue weighted by molar-refractivity contribution is -0.130. The largest absolute Gasteiger partial charge is 0.468 e. The zero-order valence-corrected chi connectivity index (χ0v) is 23.9. The summed E-state index contributed by atoms with van der Waals surface area (Å²) >= 11 is 0. The number of carbonyl (C=O) groups excluding carboxylic acids is 4. The van der Waals surface area contributed by atoms with Gasteiger partial charge in [-0.3, -0.25) is 29.7 Å². The third kappa shape index (κ3) is 10.2. The molecule has 3 N–H and O–H groups in total. The van der Waals surface area contributed by atoms with E-state index >= 15 is 0 Å². The van der Waals surface area contributed by atoms with E-state index in [-0.39, 0.29) is 61.8 Å². The van der Waals surface area contributed by atoms with Crippen molar-refractivity contribution in [1.82, 2.24) is 14.5 Å². The number of ether oxygens (including phenoxy) is 3. The third-order valence-electron chi connectivity index (χ3n) is 6.07. The molecule has 2 aliphatic heterocycles. The van der Waals surface area contributed by atoms with Gasteiger partial charge in [0, 0.05) is 70.4 Å². The topological polar surface area (TPSA) is 173 Å². The van der Waals surface area contributed by atoms with E-state index in [1.165, 1.54) is 22.8 Å². The molecule has 4 rings (SSSR count). The van der Waals surface area contributed by atoms with Crippen molar-refractivity contribution in [3.8, 4) is 0 Å². The Labute approximate surface area is 246 Å². The SMILES string of the molecule is CCOC=O.COCC1CN(c2cc(F)c(N3CCN(C(=O)C/C=C/n4ccncc4=N)CC3)c(F)c2)C(=O)O1.NC=O. The molecule has 2 aliphatic rings. The first-order valence-electron chi connectivity index (χ1n) is 13.1. The molecule has 14 nitrogen and oxygen atoms in total. The van der Waals surface area contributed by atoms with E-state index in [1.807, 2.05) is 0 Å². The number of nitrogens with zero attached hydrogens (tertiary/aromatic N) is 5. The van der Waals surface area contributed by atoms with Crippen LogP contribution in [0.3, 0.4) is 0 Å². The zero-order valence-electron chi connectivity index (χ0n) is 23.9. The standard InChI is InChI=1S/C23H26F2N6O4.C3H6O2.CH3NO/c1-34-15-17-14-31(23(33)35-17)16-11-18(24)22(19(25)12-16)30-9-7-29(8-10-30)21(32)3-2-5-28-6-4-27-13-20(28)26;1-2-5-3-4;2-1-3/h2,4-6,11-13,17,26H,3,7-10,14-15H2,1H3;3H,2H2,1H3;1H,(H2,2,3)/b5-2+,26-20?;;. The van der Waals surface area contributed by atoms with Crippen molar-refractivity contribution in [3.63, 3.8) is 0 Å². The van der Waals surface area contributed by atoms with E-state index in [4.69, 9.17) is 19.7 Å². The maximum absolute atomic E-state index is 14.9. The van der Waals surface area contributed by atoms with Crippen molar-refractivity contribution in [2.75, 3.05) is 62.8 Å². The smallest absolute Gasteiger partial charge is 0.414 e. The minimum Gasteiger partial charge on any atom is -0.468 e. The van der Waals surface area contributed by atoms with Gasteiger partial charge in [0.2, 0.25) is 12.3 Å². The highest BCUT2D eigenvalue weighted by Crippen LogP contribution is 2.31. The molecule has 234 valence electrons. The van der Waals surface area contributed by atoms with Crippen molar-refractivity contribution >= 4 is 42.5 Å². The Hall–Kier alpha value is -4.86. The summed E-state index contributed by atoms with van der Waals surface area (Å²) in [6.07, 6.45) is 7.04. The van der Waals surface area contributed by atoms with Crippen molar-refractivity contribution in [2.45, 2.75) is 19.4 Å². The summed E-state index contributed by atoms with van der Waals surface area (Å²) in [6, 6.07) is 2.24. The lowest BCUT2D eigenvalue weighted by atomic mass is 10.2. The summed E-state index contributed by atoms with van der Waals surface area (Å²) in [7, 11) is 1.48. The number of cyclic esters (lactones) is 1. The van der Waals surface area contributed by atoms with Crippen LogP contribution in [0.25, 0.3) is 6.20 Å². The molecule has 43 heavy (non-hydrogen) atoms. The number of primary amides is 1. The molecule has 0 bridgehead atoms. The van der Waals surface area contributed by atoms with Crippen LogP contribution in [-0.2, 0) is 28.6 Å². The van der Waals surface area contributed by atoms with E-state index in [0.29, 0.717) is 26.2 Å². The van der Waals surface area contributed by atoms with Crippen molar-refractivity contribution < 1.29 is 42.2 Å². The second-order valence-corrected chi connectivity index (χ2v) is 8.84. The minimum atomic E-state index is -0.786. The number of piperazine rings is 1. The Morgan fingerprint density at radius 3 is 2.40 bits per heavy atom. The quantitative estimate of drug-likeness (QED) is 0.396. The molecule has 0 spiro atoms. The summed E-state index contributed by atoms with van der Waals surface area (Å²) in [4.78, 5) is 50.6. The first kappa shape index (κ1) is 34.3. The third-order valence-corrected chi connectivity index (χ3v) is 6.07. The number of halogens is 2. The van der Waals surface area contributed by atoms with Gasteiger partial charge in [0.25, 0.3) is 6.47 Å². The maximum Gasteiger partial charge on any atom is 0.414 e. The molecule has 2 aromatic rings. The average Bonchev–Trinajstić information content (AvgIpc) is 3.35. The number of rotatable bonds is 9. The van der Waals surface area contributed by atoms with Gasteiger partial charge in [0.05, 0.1) is 31.6 Å². The second kappa shape index (κ2) is 17.8. The first-order chi connectivity index (χ1) is 20.7. The Kier molecular flexibility index (Phi) is 14.3. The number of aromatic nitrogens is 2. The van der Waals surface area contributed by atoms with Crippen molar-refractivity contribution in [1.29, 1.82) is 5.41 Å². The number of amides is 3. The number of hydrogen-bond donors (Lipinski definition) is 2. The molecule has 1 aromatic heterocycles. The van der Waals surface area contributed by atoms with E-state index in [0.717, 1.165) is 12.1 Å². The van der Waals surface area contributed by atoms with Crippen molar-refractivity contribution in [3.05, 3.63) is 53.9 Å². The molecule has 1 aromatic carbocycles. The number of nitrogens with two attached hydrogens (primary N) is 1. The number of nitrogens with one attached hydrogen (secondary N) is 1. The van der Waals surface area contributed by atoms with E-state index < -0.39 is 23.8 Å². The van der Waals surface area contributed by atoms with E-state index in [2.05, 4.69) is 15.5 Å². The molecule has 0 radical (unpaired) electrons. The van der Waals surface area contributed by atoms with Crippen LogP contribution in [0.4, 0.5) is 25.0 Å². The Bertz CT molecular complexity index is 1290. The molecule has 0 aliphatic carbocycles. The molecular weight excluding hydrogens is 572 g/mol. The van der Waals surface area contributed by atoms with Gasteiger partial charge >= 0.3 is 6.09 Å². The lowest BCUT2D eigenvalue weighted by Crippen LogP contribution is -2.49. The van der Waals surface area contributed by atoms with Gasteiger partial charge in [-0.15, -0.1) is 0 Å². The fourth-order valence-electron chi connectivity index (χ4n) is 4.16. The maximum atomic E-state index is 14.9.